The van der Waals surface area contributed by atoms with E-state index in [0.717, 1.165) is 10.5 Å². The number of hydrogen-bond donors (Lipinski definition) is 0. The molecule has 4 heterocycles. The van der Waals surface area contributed by atoms with Crippen molar-refractivity contribution in [1.82, 2.24) is 14.7 Å². The van der Waals surface area contributed by atoms with Crippen LogP contribution in [0.1, 0.15) is 30.0 Å². The third kappa shape index (κ3) is 2.54. The maximum atomic E-state index is 13.8. The lowest BCUT2D eigenvalue weighted by Gasteiger charge is -2.46. The maximum absolute atomic E-state index is 13.8. The molecule has 0 spiro atoms. The zero-order valence-corrected chi connectivity index (χ0v) is 17.6. The van der Waals surface area contributed by atoms with Crippen molar-refractivity contribution in [2.75, 3.05) is 13.6 Å². The largest absolute Gasteiger partial charge is 0.464 e. The van der Waals surface area contributed by atoms with E-state index in [0.29, 0.717) is 11.5 Å². The molecule has 4 atom stereocenters. The van der Waals surface area contributed by atoms with Crippen LogP contribution in [-0.4, -0.2) is 57.5 Å². The number of carbonyl (C=O) groups excluding carboxylic acids is 4. The minimum absolute atomic E-state index is 0.114. The number of piperazine rings is 1. The molecule has 0 unspecified atom stereocenters. The van der Waals surface area contributed by atoms with Gasteiger partial charge in [-0.2, -0.15) is 0 Å². The minimum atomic E-state index is -1.46. The van der Waals surface area contributed by atoms with Gasteiger partial charge in [0.2, 0.25) is 23.6 Å². The van der Waals surface area contributed by atoms with Crippen LogP contribution in [0, 0.1) is 18.8 Å². The molecule has 0 aliphatic carbocycles. The summed E-state index contributed by atoms with van der Waals surface area (Å²) in [4.78, 5) is 57.4. The number of imide groups is 1. The van der Waals surface area contributed by atoms with Crippen molar-refractivity contribution in [3.05, 3.63) is 59.5 Å². The number of likely N-dealkylation sites (tertiary alicyclic amines) is 1. The van der Waals surface area contributed by atoms with Gasteiger partial charge in [-0.3, -0.25) is 24.1 Å². The molecule has 3 aliphatic rings. The molecule has 1 aromatic heterocycles. The van der Waals surface area contributed by atoms with E-state index in [-0.39, 0.29) is 30.8 Å². The molecule has 31 heavy (non-hydrogen) atoms. The average Bonchev–Trinajstić information content (AvgIpc) is 3.36. The van der Waals surface area contributed by atoms with Crippen molar-refractivity contribution in [1.29, 1.82) is 0 Å². The van der Waals surface area contributed by atoms with Crippen molar-refractivity contribution < 1.29 is 23.6 Å². The fourth-order valence-electron chi connectivity index (χ4n) is 5.47. The van der Waals surface area contributed by atoms with Gasteiger partial charge in [0.05, 0.1) is 11.8 Å². The molecule has 2 aromatic rings. The van der Waals surface area contributed by atoms with Gasteiger partial charge in [0, 0.05) is 13.6 Å². The fourth-order valence-corrected chi connectivity index (χ4v) is 5.47. The van der Waals surface area contributed by atoms with Gasteiger partial charge in [-0.05, 0) is 31.5 Å². The highest BCUT2D eigenvalue weighted by Gasteiger charge is 2.73. The summed E-state index contributed by atoms with van der Waals surface area (Å²) in [7, 11) is 1.43. The van der Waals surface area contributed by atoms with E-state index in [9.17, 15) is 19.2 Å². The van der Waals surface area contributed by atoms with Crippen LogP contribution in [0.25, 0.3) is 0 Å². The first-order valence-corrected chi connectivity index (χ1v) is 10.3. The van der Waals surface area contributed by atoms with E-state index in [2.05, 4.69) is 0 Å². The summed E-state index contributed by atoms with van der Waals surface area (Å²) in [6, 6.07) is 12.1. The van der Waals surface area contributed by atoms with Gasteiger partial charge in [0.1, 0.15) is 29.6 Å². The standard InChI is InChI=1S/C23H23N3O5/c1-13-9-10-15(31-13)19-17-18(21(29)24(3)20(17)28)23(2)22(30)25(12-16(27)26(19)23)11-14-7-5-4-6-8-14/h4-10,17-19H,11-12H2,1-3H3/t17-,18-,19-,23-/m1/s1. The molecule has 3 saturated heterocycles. The van der Waals surface area contributed by atoms with Crippen molar-refractivity contribution in [2.45, 2.75) is 32.0 Å². The normalized spacial score (nSPS) is 30.3. The summed E-state index contributed by atoms with van der Waals surface area (Å²) in [6.07, 6.45) is 0. The number of fused-ring (bicyclic) bond motifs is 3. The second-order valence-electron chi connectivity index (χ2n) is 8.69. The first-order valence-electron chi connectivity index (χ1n) is 10.3. The first-order chi connectivity index (χ1) is 14.7. The quantitative estimate of drug-likeness (QED) is 0.701. The first kappa shape index (κ1) is 19.5. The average molecular weight is 421 g/mol. The molecule has 8 heteroatoms. The Morgan fingerprint density at radius 3 is 2.39 bits per heavy atom. The lowest BCUT2D eigenvalue weighted by molar-refractivity contribution is -0.168. The van der Waals surface area contributed by atoms with Crippen molar-refractivity contribution in [2.24, 2.45) is 11.8 Å². The monoisotopic (exact) mass is 421 g/mol. The lowest BCUT2D eigenvalue weighted by atomic mass is 9.79. The zero-order valence-electron chi connectivity index (χ0n) is 17.6. The molecule has 5 rings (SSSR count). The van der Waals surface area contributed by atoms with E-state index in [1.54, 1.807) is 26.0 Å². The molecule has 3 aliphatic heterocycles. The Balaban J connectivity index is 1.62. The van der Waals surface area contributed by atoms with Gasteiger partial charge in [-0.25, -0.2) is 0 Å². The summed E-state index contributed by atoms with van der Waals surface area (Å²) in [5.41, 5.74) is -0.572. The summed E-state index contributed by atoms with van der Waals surface area (Å²) in [5, 5.41) is 0. The minimum Gasteiger partial charge on any atom is -0.464 e. The Kier molecular flexibility index (Phi) is 4.12. The Morgan fingerprint density at radius 1 is 1.03 bits per heavy atom. The summed E-state index contributed by atoms with van der Waals surface area (Å²) in [5.74, 6) is -2.19. The molecule has 160 valence electrons. The third-order valence-corrected chi connectivity index (χ3v) is 6.88. The number of benzene rings is 1. The van der Waals surface area contributed by atoms with Crippen LogP contribution in [0.3, 0.4) is 0 Å². The number of furan rings is 1. The highest BCUT2D eigenvalue weighted by atomic mass is 16.3. The summed E-state index contributed by atoms with van der Waals surface area (Å²) in [6.45, 7) is 3.53. The number of aryl methyl sites for hydroxylation is 1. The zero-order chi connectivity index (χ0) is 22.1. The predicted octanol–water partition coefficient (Wildman–Crippen LogP) is 1.50. The molecular weight excluding hydrogens is 398 g/mol. The molecule has 4 amide bonds. The van der Waals surface area contributed by atoms with Gasteiger partial charge in [-0.1, -0.05) is 30.3 Å². The van der Waals surface area contributed by atoms with Gasteiger partial charge in [-0.15, -0.1) is 0 Å². The second kappa shape index (κ2) is 6.54. The topological polar surface area (TPSA) is 91.1 Å². The molecule has 8 nitrogen and oxygen atoms in total. The molecule has 0 saturated carbocycles. The number of carbonyl (C=O) groups is 4. The smallest absolute Gasteiger partial charge is 0.249 e. The molecule has 0 radical (unpaired) electrons. The molecular formula is C23H23N3O5. The van der Waals surface area contributed by atoms with Gasteiger partial charge < -0.3 is 14.2 Å². The number of amides is 4. The third-order valence-electron chi connectivity index (χ3n) is 6.88. The van der Waals surface area contributed by atoms with Crippen molar-refractivity contribution in [3.63, 3.8) is 0 Å². The van der Waals surface area contributed by atoms with Crippen LogP contribution in [0.2, 0.25) is 0 Å². The van der Waals surface area contributed by atoms with Crippen molar-refractivity contribution in [3.8, 4) is 0 Å². The Hall–Kier alpha value is -3.42. The van der Waals surface area contributed by atoms with Crippen LogP contribution in [0.15, 0.2) is 46.9 Å². The summed E-state index contributed by atoms with van der Waals surface area (Å²) >= 11 is 0. The van der Waals surface area contributed by atoms with E-state index in [1.807, 2.05) is 30.3 Å². The Morgan fingerprint density at radius 2 is 1.74 bits per heavy atom. The van der Waals surface area contributed by atoms with Gasteiger partial charge >= 0.3 is 0 Å². The highest BCUT2D eigenvalue weighted by molar-refractivity contribution is 6.12. The van der Waals surface area contributed by atoms with E-state index in [4.69, 9.17) is 4.42 Å². The number of rotatable bonds is 3. The van der Waals surface area contributed by atoms with Crippen molar-refractivity contribution >= 4 is 23.6 Å². The van der Waals surface area contributed by atoms with E-state index in [1.165, 1.54) is 16.8 Å². The summed E-state index contributed by atoms with van der Waals surface area (Å²) < 4.78 is 5.79. The second-order valence-corrected chi connectivity index (χ2v) is 8.69. The Labute approximate surface area is 179 Å². The van der Waals surface area contributed by atoms with Crippen LogP contribution < -0.4 is 0 Å². The molecule has 0 N–H and O–H groups in total. The maximum Gasteiger partial charge on any atom is 0.249 e. The Bertz CT molecular complexity index is 1110. The SMILES string of the molecule is Cc1ccc([C@@H]2[C@@H]3C(=O)N(C)C(=O)[C@@H]3[C@]3(C)C(=O)N(Cc4ccccc4)CC(=O)N23)o1. The molecule has 0 bridgehead atoms. The predicted molar refractivity (Wildman–Crippen MR) is 108 cm³/mol. The number of hydrogen-bond acceptors (Lipinski definition) is 5. The van der Waals surface area contributed by atoms with Crippen LogP contribution in [0.4, 0.5) is 0 Å². The van der Waals surface area contributed by atoms with Crippen LogP contribution in [-0.2, 0) is 25.7 Å². The van der Waals surface area contributed by atoms with Gasteiger partial charge in [0.15, 0.2) is 0 Å². The van der Waals surface area contributed by atoms with Crippen LogP contribution in [0.5, 0.6) is 0 Å². The van der Waals surface area contributed by atoms with E-state index >= 15 is 0 Å². The van der Waals surface area contributed by atoms with E-state index < -0.39 is 29.3 Å². The van der Waals surface area contributed by atoms with Gasteiger partial charge in [0.25, 0.3) is 0 Å². The lowest BCUT2D eigenvalue weighted by Crippen LogP contribution is -2.67. The number of nitrogens with zero attached hydrogens (tertiary/aromatic N) is 3. The molecule has 1 aromatic carbocycles. The fraction of sp³-hybridized carbons (Fsp3) is 0.391. The van der Waals surface area contributed by atoms with Crippen LogP contribution >= 0.6 is 0 Å². The molecule has 3 fully saturated rings. The highest BCUT2D eigenvalue weighted by Crippen LogP contribution is 2.56.